The molecule has 0 saturated carbocycles. The van der Waals surface area contributed by atoms with Gasteiger partial charge in [0.15, 0.2) is 5.78 Å². The topological polar surface area (TPSA) is 48.4 Å². The molecule has 0 amide bonds. The quantitative estimate of drug-likeness (QED) is 0.443. The highest BCUT2D eigenvalue weighted by Crippen LogP contribution is 2.23. The van der Waals surface area contributed by atoms with Gasteiger partial charge in [0, 0.05) is 17.1 Å². The first-order chi connectivity index (χ1) is 12.2. The SMILES string of the molecule is CC(=O)c1cccc(OCCCCOc2cccc3cccnc23)c1. The average molecular weight is 335 g/mol. The highest BCUT2D eigenvalue weighted by molar-refractivity contribution is 5.94. The summed E-state index contributed by atoms with van der Waals surface area (Å²) in [5, 5.41) is 1.08. The summed E-state index contributed by atoms with van der Waals surface area (Å²) in [5.74, 6) is 1.59. The van der Waals surface area contributed by atoms with Crippen molar-refractivity contribution in [3.63, 3.8) is 0 Å². The molecule has 0 aliphatic heterocycles. The molecule has 25 heavy (non-hydrogen) atoms. The van der Waals surface area contributed by atoms with Crippen LogP contribution in [0.1, 0.15) is 30.1 Å². The van der Waals surface area contributed by atoms with Crippen molar-refractivity contribution in [3.8, 4) is 11.5 Å². The van der Waals surface area contributed by atoms with Crippen molar-refractivity contribution in [1.82, 2.24) is 4.98 Å². The van der Waals surface area contributed by atoms with E-state index in [4.69, 9.17) is 9.47 Å². The fourth-order valence-corrected chi connectivity index (χ4v) is 2.57. The van der Waals surface area contributed by atoms with Crippen LogP contribution in [0.2, 0.25) is 0 Å². The van der Waals surface area contributed by atoms with Gasteiger partial charge in [0.2, 0.25) is 0 Å². The van der Waals surface area contributed by atoms with E-state index in [-0.39, 0.29) is 5.78 Å². The van der Waals surface area contributed by atoms with Gasteiger partial charge < -0.3 is 9.47 Å². The first-order valence-electron chi connectivity index (χ1n) is 8.44. The molecule has 3 rings (SSSR count). The Bertz CT molecular complexity index is 855. The summed E-state index contributed by atoms with van der Waals surface area (Å²) in [6, 6.07) is 17.2. The zero-order valence-corrected chi connectivity index (χ0v) is 14.3. The molecule has 0 fully saturated rings. The summed E-state index contributed by atoms with van der Waals surface area (Å²) in [6.07, 6.45) is 3.54. The number of fused-ring (bicyclic) bond motifs is 1. The second-order valence-electron chi connectivity index (χ2n) is 5.82. The van der Waals surface area contributed by atoms with Crippen LogP contribution in [0.3, 0.4) is 0 Å². The predicted octanol–water partition coefficient (Wildman–Crippen LogP) is 4.68. The van der Waals surface area contributed by atoms with Gasteiger partial charge in [-0.2, -0.15) is 0 Å². The van der Waals surface area contributed by atoms with Gasteiger partial charge >= 0.3 is 0 Å². The molecule has 1 aromatic heterocycles. The number of carbonyl (C=O) groups is 1. The van der Waals surface area contributed by atoms with Crippen LogP contribution < -0.4 is 9.47 Å². The molecule has 0 unspecified atom stereocenters. The third-order valence-electron chi connectivity index (χ3n) is 3.90. The lowest BCUT2D eigenvalue weighted by Gasteiger charge is -2.09. The molecule has 0 radical (unpaired) electrons. The lowest BCUT2D eigenvalue weighted by Crippen LogP contribution is -2.03. The minimum absolute atomic E-state index is 0.0440. The smallest absolute Gasteiger partial charge is 0.159 e. The van der Waals surface area contributed by atoms with Gasteiger partial charge in [0.1, 0.15) is 17.0 Å². The standard InChI is InChI=1S/C21H21NO3/c1-16(23)18-8-4-10-19(15-18)24-13-2-3-14-25-20-11-5-7-17-9-6-12-22-21(17)20/h4-12,15H,2-3,13-14H2,1H3. The van der Waals surface area contributed by atoms with E-state index in [2.05, 4.69) is 4.98 Å². The van der Waals surface area contributed by atoms with E-state index in [1.807, 2.05) is 42.5 Å². The van der Waals surface area contributed by atoms with Crippen molar-refractivity contribution in [2.75, 3.05) is 13.2 Å². The van der Waals surface area contributed by atoms with Crippen LogP contribution in [-0.4, -0.2) is 24.0 Å². The number of unbranched alkanes of at least 4 members (excludes halogenated alkanes) is 1. The van der Waals surface area contributed by atoms with Crippen molar-refractivity contribution in [3.05, 3.63) is 66.4 Å². The van der Waals surface area contributed by atoms with Gasteiger partial charge in [-0.15, -0.1) is 0 Å². The fraction of sp³-hybridized carbons (Fsp3) is 0.238. The number of rotatable bonds is 8. The molecular weight excluding hydrogens is 314 g/mol. The molecule has 4 heteroatoms. The highest BCUT2D eigenvalue weighted by atomic mass is 16.5. The third kappa shape index (κ3) is 4.57. The Labute approximate surface area is 147 Å². The number of ketones is 1. The van der Waals surface area contributed by atoms with Gasteiger partial charge in [-0.05, 0) is 44.0 Å². The summed E-state index contributed by atoms with van der Waals surface area (Å²) >= 11 is 0. The second-order valence-corrected chi connectivity index (χ2v) is 5.82. The summed E-state index contributed by atoms with van der Waals surface area (Å²) in [6.45, 7) is 2.77. The number of aromatic nitrogens is 1. The Morgan fingerprint density at radius 1 is 0.960 bits per heavy atom. The highest BCUT2D eigenvalue weighted by Gasteiger charge is 2.03. The van der Waals surface area contributed by atoms with E-state index < -0.39 is 0 Å². The molecule has 0 spiro atoms. The van der Waals surface area contributed by atoms with Gasteiger partial charge in [0.25, 0.3) is 0 Å². The number of pyridine rings is 1. The lowest BCUT2D eigenvalue weighted by atomic mass is 10.1. The fourth-order valence-electron chi connectivity index (χ4n) is 2.57. The first kappa shape index (κ1) is 17.0. The molecule has 3 aromatic rings. The molecule has 0 saturated heterocycles. The number of Topliss-reactive ketones (excluding diaryl/α,β-unsaturated/α-hetero) is 1. The van der Waals surface area contributed by atoms with Crippen LogP contribution in [0.5, 0.6) is 11.5 Å². The number of hydrogen-bond donors (Lipinski definition) is 0. The molecule has 0 aliphatic carbocycles. The molecule has 0 atom stereocenters. The minimum atomic E-state index is 0.0440. The Kier molecular flexibility index (Phi) is 5.62. The number of ether oxygens (including phenoxy) is 2. The number of nitrogens with zero attached hydrogens (tertiary/aromatic N) is 1. The molecule has 0 bridgehead atoms. The van der Waals surface area contributed by atoms with E-state index >= 15 is 0 Å². The summed E-state index contributed by atoms with van der Waals surface area (Å²) in [5.41, 5.74) is 1.56. The summed E-state index contributed by atoms with van der Waals surface area (Å²) in [7, 11) is 0. The molecule has 2 aromatic carbocycles. The molecule has 4 nitrogen and oxygen atoms in total. The van der Waals surface area contributed by atoms with Gasteiger partial charge in [-0.25, -0.2) is 0 Å². The van der Waals surface area contributed by atoms with E-state index in [0.717, 1.165) is 35.2 Å². The Hall–Kier alpha value is -2.88. The van der Waals surface area contributed by atoms with Crippen LogP contribution in [0.4, 0.5) is 0 Å². The Balaban J connectivity index is 1.43. The lowest BCUT2D eigenvalue weighted by molar-refractivity contribution is 0.101. The van der Waals surface area contributed by atoms with Crippen molar-refractivity contribution in [2.45, 2.75) is 19.8 Å². The average Bonchev–Trinajstić information content (AvgIpc) is 2.65. The van der Waals surface area contributed by atoms with Crippen LogP contribution in [0.25, 0.3) is 10.9 Å². The summed E-state index contributed by atoms with van der Waals surface area (Å²) < 4.78 is 11.6. The van der Waals surface area contributed by atoms with Crippen LogP contribution in [-0.2, 0) is 0 Å². The minimum Gasteiger partial charge on any atom is -0.494 e. The molecule has 1 heterocycles. The van der Waals surface area contributed by atoms with E-state index in [0.29, 0.717) is 18.8 Å². The monoisotopic (exact) mass is 335 g/mol. The van der Waals surface area contributed by atoms with E-state index in [1.165, 1.54) is 0 Å². The maximum absolute atomic E-state index is 11.4. The second kappa shape index (κ2) is 8.29. The molecule has 128 valence electrons. The maximum atomic E-state index is 11.4. The molecular formula is C21H21NO3. The first-order valence-corrected chi connectivity index (χ1v) is 8.44. The van der Waals surface area contributed by atoms with Crippen LogP contribution in [0.15, 0.2) is 60.8 Å². The number of hydrogen-bond acceptors (Lipinski definition) is 4. The third-order valence-corrected chi connectivity index (χ3v) is 3.90. The van der Waals surface area contributed by atoms with Crippen molar-refractivity contribution in [1.29, 1.82) is 0 Å². The predicted molar refractivity (Wildman–Crippen MR) is 98.4 cm³/mol. The van der Waals surface area contributed by atoms with Gasteiger partial charge in [0.05, 0.1) is 13.2 Å². The van der Waals surface area contributed by atoms with Crippen LogP contribution in [0, 0.1) is 0 Å². The van der Waals surface area contributed by atoms with E-state index in [9.17, 15) is 4.79 Å². The van der Waals surface area contributed by atoms with Gasteiger partial charge in [-0.3, -0.25) is 9.78 Å². The van der Waals surface area contributed by atoms with Crippen LogP contribution >= 0.6 is 0 Å². The number of benzene rings is 2. The van der Waals surface area contributed by atoms with Crippen molar-refractivity contribution >= 4 is 16.7 Å². The van der Waals surface area contributed by atoms with Crippen molar-refractivity contribution < 1.29 is 14.3 Å². The van der Waals surface area contributed by atoms with E-state index in [1.54, 1.807) is 25.3 Å². The largest absolute Gasteiger partial charge is 0.494 e. The zero-order valence-electron chi connectivity index (χ0n) is 14.3. The van der Waals surface area contributed by atoms with Crippen molar-refractivity contribution in [2.24, 2.45) is 0 Å². The summed E-state index contributed by atoms with van der Waals surface area (Å²) in [4.78, 5) is 15.7. The molecule has 0 N–H and O–H groups in total. The Morgan fingerprint density at radius 2 is 1.72 bits per heavy atom. The maximum Gasteiger partial charge on any atom is 0.159 e. The molecule has 0 aliphatic rings. The van der Waals surface area contributed by atoms with Gasteiger partial charge in [-0.1, -0.05) is 30.3 Å². The number of carbonyl (C=O) groups excluding carboxylic acids is 1. The number of para-hydroxylation sites is 1. The zero-order chi connectivity index (χ0) is 17.5. The normalized spacial score (nSPS) is 10.6. The Morgan fingerprint density at radius 3 is 2.56 bits per heavy atom.